The molecular formula is C16H25N3O4S2. The second kappa shape index (κ2) is 9.30. The van der Waals surface area contributed by atoms with E-state index in [1.165, 1.54) is 15.6 Å². The van der Waals surface area contributed by atoms with Crippen LogP contribution in [0.2, 0.25) is 0 Å². The number of sulfonamides is 1. The van der Waals surface area contributed by atoms with Crippen molar-refractivity contribution in [3.05, 3.63) is 22.4 Å². The normalized spacial score (nSPS) is 16.5. The number of amides is 2. The maximum Gasteiger partial charge on any atom is 0.261 e. The van der Waals surface area contributed by atoms with Gasteiger partial charge in [-0.1, -0.05) is 13.0 Å². The molecular weight excluding hydrogens is 362 g/mol. The van der Waals surface area contributed by atoms with E-state index in [1.54, 1.807) is 12.1 Å². The van der Waals surface area contributed by atoms with Gasteiger partial charge in [-0.25, -0.2) is 12.7 Å². The van der Waals surface area contributed by atoms with Crippen LogP contribution < -0.4 is 10.6 Å². The van der Waals surface area contributed by atoms with Gasteiger partial charge in [-0.15, -0.1) is 11.3 Å². The number of piperidine rings is 1. The zero-order chi connectivity index (χ0) is 18.3. The third-order valence-electron chi connectivity index (χ3n) is 4.06. The minimum Gasteiger partial charge on any atom is -0.353 e. The predicted octanol–water partition coefficient (Wildman–Crippen LogP) is 1.19. The summed E-state index contributed by atoms with van der Waals surface area (Å²) in [6.45, 7) is 3.03. The third-order valence-corrected chi connectivity index (χ3v) is 7.00. The summed E-state index contributed by atoms with van der Waals surface area (Å²) in [6, 6.07) is 3.54. The second-order valence-electron chi connectivity index (χ2n) is 6.04. The van der Waals surface area contributed by atoms with E-state index in [4.69, 9.17) is 0 Å². The molecule has 1 aromatic heterocycles. The van der Waals surface area contributed by atoms with Crippen LogP contribution in [-0.4, -0.2) is 56.0 Å². The molecule has 25 heavy (non-hydrogen) atoms. The zero-order valence-corrected chi connectivity index (χ0v) is 16.0. The standard InChI is InChI=1S/C16H25N3O4S2/c1-2-12-25(22,23)19-9-6-13(7-10-19)18-15(20)5-8-17-16(21)14-4-3-11-24-14/h3-4,11,13H,2,5-10,12H2,1H3,(H,17,21)(H,18,20). The van der Waals surface area contributed by atoms with Crippen molar-refractivity contribution < 1.29 is 18.0 Å². The largest absolute Gasteiger partial charge is 0.353 e. The van der Waals surface area contributed by atoms with Gasteiger partial charge in [0.25, 0.3) is 5.91 Å². The predicted molar refractivity (Wildman–Crippen MR) is 98.1 cm³/mol. The van der Waals surface area contributed by atoms with Crippen molar-refractivity contribution in [3.63, 3.8) is 0 Å². The van der Waals surface area contributed by atoms with Gasteiger partial charge in [0.1, 0.15) is 0 Å². The average molecular weight is 388 g/mol. The minimum atomic E-state index is -3.16. The fourth-order valence-electron chi connectivity index (χ4n) is 2.75. The third kappa shape index (κ3) is 6.09. The van der Waals surface area contributed by atoms with Gasteiger partial charge < -0.3 is 10.6 Å². The number of nitrogens with one attached hydrogen (secondary N) is 2. The molecule has 1 aromatic rings. The molecule has 0 atom stereocenters. The molecule has 1 saturated heterocycles. The van der Waals surface area contributed by atoms with Crippen LogP contribution in [0.3, 0.4) is 0 Å². The molecule has 2 rings (SSSR count). The Kier molecular flexibility index (Phi) is 7.39. The molecule has 2 N–H and O–H groups in total. The summed E-state index contributed by atoms with van der Waals surface area (Å²) in [4.78, 5) is 24.4. The molecule has 0 radical (unpaired) electrons. The molecule has 2 heterocycles. The van der Waals surface area contributed by atoms with Crippen molar-refractivity contribution >= 4 is 33.2 Å². The molecule has 0 saturated carbocycles. The SMILES string of the molecule is CCCS(=O)(=O)N1CCC(NC(=O)CCNC(=O)c2cccs2)CC1. The molecule has 1 aliphatic heterocycles. The van der Waals surface area contributed by atoms with E-state index >= 15 is 0 Å². The Morgan fingerprint density at radius 1 is 1.32 bits per heavy atom. The van der Waals surface area contributed by atoms with Gasteiger partial charge >= 0.3 is 0 Å². The lowest BCUT2D eigenvalue weighted by atomic mass is 10.1. The van der Waals surface area contributed by atoms with Crippen LogP contribution >= 0.6 is 11.3 Å². The topological polar surface area (TPSA) is 95.6 Å². The maximum atomic E-state index is 12.0. The number of hydrogen-bond donors (Lipinski definition) is 2. The highest BCUT2D eigenvalue weighted by molar-refractivity contribution is 7.89. The monoisotopic (exact) mass is 387 g/mol. The van der Waals surface area contributed by atoms with Crippen molar-refractivity contribution in [3.8, 4) is 0 Å². The minimum absolute atomic E-state index is 0.00595. The maximum absolute atomic E-state index is 12.0. The van der Waals surface area contributed by atoms with Crippen LogP contribution in [-0.2, 0) is 14.8 Å². The first-order chi connectivity index (χ1) is 11.9. The molecule has 1 fully saturated rings. The van der Waals surface area contributed by atoms with Gasteiger partial charge in [-0.3, -0.25) is 9.59 Å². The number of thiophene rings is 1. The Morgan fingerprint density at radius 3 is 2.64 bits per heavy atom. The van der Waals surface area contributed by atoms with Crippen molar-refractivity contribution in [2.45, 2.75) is 38.6 Å². The molecule has 2 amide bonds. The zero-order valence-electron chi connectivity index (χ0n) is 14.4. The van der Waals surface area contributed by atoms with Gasteiger partial charge in [0.15, 0.2) is 0 Å². The number of rotatable bonds is 8. The molecule has 0 aliphatic carbocycles. The fraction of sp³-hybridized carbons (Fsp3) is 0.625. The summed E-state index contributed by atoms with van der Waals surface area (Å²) in [5.41, 5.74) is 0. The Morgan fingerprint density at radius 2 is 2.04 bits per heavy atom. The van der Waals surface area contributed by atoms with Gasteiger partial charge in [-0.05, 0) is 30.7 Å². The Balaban J connectivity index is 1.66. The average Bonchev–Trinajstić information content (AvgIpc) is 3.10. The van der Waals surface area contributed by atoms with E-state index in [0.717, 1.165) is 0 Å². The highest BCUT2D eigenvalue weighted by Gasteiger charge is 2.27. The first-order valence-electron chi connectivity index (χ1n) is 8.51. The highest BCUT2D eigenvalue weighted by atomic mass is 32.2. The van der Waals surface area contributed by atoms with Crippen molar-refractivity contribution in [2.75, 3.05) is 25.4 Å². The Labute approximate surface area is 152 Å². The van der Waals surface area contributed by atoms with E-state index in [0.29, 0.717) is 37.2 Å². The second-order valence-corrected chi connectivity index (χ2v) is 9.08. The lowest BCUT2D eigenvalue weighted by Gasteiger charge is -2.31. The number of hydrogen-bond acceptors (Lipinski definition) is 5. The quantitative estimate of drug-likeness (QED) is 0.700. The van der Waals surface area contributed by atoms with Gasteiger partial charge in [0.2, 0.25) is 15.9 Å². The molecule has 7 nitrogen and oxygen atoms in total. The summed E-state index contributed by atoms with van der Waals surface area (Å²) in [7, 11) is -3.16. The Bertz CT molecular complexity index is 666. The van der Waals surface area contributed by atoms with E-state index in [2.05, 4.69) is 10.6 Å². The lowest BCUT2D eigenvalue weighted by molar-refractivity contribution is -0.121. The van der Waals surface area contributed by atoms with Crippen LogP contribution in [0.1, 0.15) is 42.3 Å². The lowest BCUT2D eigenvalue weighted by Crippen LogP contribution is -2.47. The van der Waals surface area contributed by atoms with Crippen LogP contribution in [0.4, 0.5) is 0 Å². The first-order valence-corrected chi connectivity index (χ1v) is 11.0. The summed E-state index contributed by atoms with van der Waals surface area (Å²) >= 11 is 1.36. The van der Waals surface area contributed by atoms with Gasteiger partial charge in [0, 0.05) is 32.1 Å². The number of carbonyl (C=O) groups excluding carboxylic acids is 2. The molecule has 0 aromatic carbocycles. The van der Waals surface area contributed by atoms with Crippen LogP contribution in [0.15, 0.2) is 17.5 Å². The molecule has 0 bridgehead atoms. The van der Waals surface area contributed by atoms with E-state index < -0.39 is 10.0 Å². The van der Waals surface area contributed by atoms with Crippen molar-refractivity contribution in [1.29, 1.82) is 0 Å². The van der Waals surface area contributed by atoms with E-state index in [-0.39, 0.29) is 36.6 Å². The first kappa shape index (κ1) is 19.9. The van der Waals surface area contributed by atoms with Crippen LogP contribution in [0.5, 0.6) is 0 Å². The number of nitrogens with zero attached hydrogens (tertiary/aromatic N) is 1. The van der Waals surface area contributed by atoms with Crippen LogP contribution in [0, 0.1) is 0 Å². The summed E-state index contributed by atoms with van der Waals surface area (Å²) < 4.78 is 25.5. The smallest absolute Gasteiger partial charge is 0.261 e. The van der Waals surface area contributed by atoms with Crippen LogP contribution in [0.25, 0.3) is 0 Å². The fourth-order valence-corrected chi connectivity index (χ4v) is 4.93. The summed E-state index contributed by atoms with van der Waals surface area (Å²) in [5.74, 6) is -0.118. The molecule has 0 spiro atoms. The molecule has 9 heteroatoms. The van der Waals surface area contributed by atoms with Crippen molar-refractivity contribution in [1.82, 2.24) is 14.9 Å². The number of carbonyl (C=O) groups is 2. The molecule has 1 aliphatic rings. The molecule has 140 valence electrons. The highest BCUT2D eigenvalue weighted by Crippen LogP contribution is 2.15. The summed E-state index contributed by atoms with van der Waals surface area (Å²) in [5, 5.41) is 7.47. The molecule has 0 unspecified atom stereocenters. The van der Waals surface area contributed by atoms with E-state index in [9.17, 15) is 18.0 Å². The Hall–Kier alpha value is -1.45. The summed E-state index contributed by atoms with van der Waals surface area (Å²) in [6.07, 6.45) is 2.06. The van der Waals surface area contributed by atoms with Crippen molar-refractivity contribution in [2.24, 2.45) is 0 Å². The van der Waals surface area contributed by atoms with Gasteiger partial charge in [-0.2, -0.15) is 0 Å². The van der Waals surface area contributed by atoms with Gasteiger partial charge in [0.05, 0.1) is 10.6 Å². The van der Waals surface area contributed by atoms with E-state index in [1.807, 2.05) is 12.3 Å².